The minimum Gasteiger partial charge on any atom is -0.493 e. The Bertz CT molecular complexity index is 1590. The monoisotopic (exact) mass is 494 g/mol. The summed E-state index contributed by atoms with van der Waals surface area (Å²) in [5.41, 5.74) is 10.4. The van der Waals surface area contributed by atoms with E-state index in [0.29, 0.717) is 34.8 Å². The van der Waals surface area contributed by atoms with Crippen LogP contribution >= 0.6 is 0 Å². The van der Waals surface area contributed by atoms with Crippen molar-refractivity contribution in [1.82, 2.24) is 0 Å². The van der Waals surface area contributed by atoms with E-state index in [4.69, 9.17) is 24.4 Å². The SMILES string of the molecule is CCCOc1ccccc1C1C(C#N)=C(N)Oc2cc(OC(=O)c3oc4ccc(C)cc4c3C)ccc21. The lowest BCUT2D eigenvalue weighted by molar-refractivity contribution is 0.0702. The number of rotatable bonds is 6. The van der Waals surface area contributed by atoms with Gasteiger partial charge in [-0.25, -0.2) is 4.79 Å². The predicted molar refractivity (Wildman–Crippen MR) is 139 cm³/mol. The van der Waals surface area contributed by atoms with Gasteiger partial charge in [0.1, 0.15) is 34.5 Å². The zero-order valence-electron chi connectivity index (χ0n) is 20.8. The molecule has 2 heterocycles. The highest BCUT2D eigenvalue weighted by atomic mass is 16.5. The minimum absolute atomic E-state index is 0.00253. The van der Waals surface area contributed by atoms with Crippen molar-refractivity contribution in [1.29, 1.82) is 5.26 Å². The number of nitrogens with two attached hydrogens (primary N) is 1. The lowest BCUT2D eigenvalue weighted by Crippen LogP contribution is -2.21. The fourth-order valence-corrected chi connectivity index (χ4v) is 4.56. The summed E-state index contributed by atoms with van der Waals surface area (Å²) in [7, 11) is 0. The standard InChI is InChI=1S/C30H26N2O5/c1-4-13-34-24-8-6-5-7-20(24)27-21-11-10-19(15-26(21)37-29(32)23(27)16-31)35-30(33)28-18(3)22-14-17(2)9-12-25(22)36-28/h5-12,14-15,27H,4,13,32H2,1-3H3. The lowest BCUT2D eigenvalue weighted by Gasteiger charge is -2.28. The first kappa shape index (κ1) is 24.0. The average molecular weight is 495 g/mol. The van der Waals surface area contributed by atoms with Crippen LogP contribution in [0.2, 0.25) is 0 Å². The van der Waals surface area contributed by atoms with Crippen LogP contribution in [0, 0.1) is 25.2 Å². The molecular weight excluding hydrogens is 468 g/mol. The quantitative estimate of drug-likeness (QED) is 0.248. The van der Waals surface area contributed by atoms with Crippen LogP contribution in [0.15, 0.2) is 76.5 Å². The minimum atomic E-state index is -0.613. The van der Waals surface area contributed by atoms with Gasteiger partial charge in [-0.3, -0.25) is 0 Å². The van der Waals surface area contributed by atoms with Crippen molar-refractivity contribution in [3.05, 3.63) is 100 Å². The third kappa shape index (κ3) is 4.38. The Morgan fingerprint density at radius 2 is 1.89 bits per heavy atom. The maximum atomic E-state index is 13.0. The molecule has 0 bridgehead atoms. The number of hydrogen-bond acceptors (Lipinski definition) is 7. The van der Waals surface area contributed by atoms with Gasteiger partial charge in [0.2, 0.25) is 11.6 Å². The topological polar surface area (TPSA) is 108 Å². The van der Waals surface area contributed by atoms with Gasteiger partial charge in [-0.15, -0.1) is 0 Å². The Balaban J connectivity index is 1.50. The second kappa shape index (κ2) is 9.75. The highest BCUT2D eigenvalue weighted by molar-refractivity contribution is 5.97. The molecule has 1 atom stereocenters. The number of nitrogens with zero attached hydrogens (tertiary/aromatic N) is 1. The fraction of sp³-hybridized carbons (Fsp3) is 0.200. The fourth-order valence-electron chi connectivity index (χ4n) is 4.56. The number of benzene rings is 3. The van der Waals surface area contributed by atoms with Crippen LogP contribution < -0.4 is 19.9 Å². The number of aryl methyl sites for hydroxylation is 2. The molecule has 0 fully saturated rings. The van der Waals surface area contributed by atoms with E-state index in [1.165, 1.54) is 0 Å². The summed E-state index contributed by atoms with van der Waals surface area (Å²) >= 11 is 0. The van der Waals surface area contributed by atoms with Gasteiger partial charge in [0.25, 0.3) is 0 Å². The van der Waals surface area contributed by atoms with E-state index in [1.54, 1.807) is 18.2 Å². The normalized spacial score (nSPS) is 14.6. The Labute approximate surface area is 214 Å². The third-order valence-electron chi connectivity index (χ3n) is 6.37. The first-order valence-corrected chi connectivity index (χ1v) is 12.1. The average Bonchev–Trinajstić information content (AvgIpc) is 3.22. The molecule has 1 aliphatic heterocycles. The van der Waals surface area contributed by atoms with Crippen molar-refractivity contribution in [2.45, 2.75) is 33.1 Å². The number of allylic oxidation sites excluding steroid dienone is 1. The van der Waals surface area contributed by atoms with Crippen LogP contribution in [0.4, 0.5) is 0 Å². The Kier molecular flexibility index (Phi) is 6.33. The van der Waals surface area contributed by atoms with Gasteiger partial charge in [-0.05, 0) is 44.5 Å². The highest BCUT2D eigenvalue weighted by Crippen LogP contribution is 2.46. The Hall–Kier alpha value is -4.70. The van der Waals surface area contributed by atoms with Crippen LogP contribution in [0.3, 0.4) is 0 Å². The van der Waals surface area contributed by atoms with E-state index < -0.39 is 11.9 Å². The van der Waals surface area contributed by atoms with E-state index in [9.17, 15) is 10.1 Å². The number of fused-ring (bicyclic) bond motifs is 2. The van der Waals surface area contributed by atoms with Crippen molar-refractivity contribution < 1.29 is 23.4 Å². The molecule has 4 aromatic rings. The zero-order chi connectivity index (χ0) is 26.1. The molecule has 186 valence electrons. The van der Waals surface area contributed by atoms with Gasteiger partial charge in [0.05, 0.1) is 12.5 Å². The van der Waals surface area contributed by atoms with Crippen molar-refractivity contribution in [2.24, 2.45) is 5.73 Å². The summed E-state index contributed by atoms with van der Waals surface area (Å²) in [6.07, 6.45) is 0.848. The first-order chi connectivity index (χ1) is 17.9. The maximum Gasteiger partial charge on any atom is 0.379 e. The number of carbonyl (C=O) groups is 1. The highest BCUT2D eigenvalue weighted by Gasteiger charge is 2.33. The van der Waals surface area contributed by atoms with Gasteiger partial charge < -0.3 is 24.4 Å². The van der Waals surface area contributed by atoms with Gasteiger partial charge in [-0.1, -0.05) is 42.8 Å². The van der Waals surface area contributed by atoms with E-state index >= 15 is 0 Å². The van der Waals surface area contributed by atoms with Crippen molar-refractivity contribution in [3.63, 3.8) is 0 Å². The van der Waals surface area contributed by atoms with Crippen LogP contribution in [0.5, 0.6) is 17.2 Å². The molecule has 0 aliphatic carbocycles. The molecule has 2 N–H and O–H groups in total. The van der Waals surface area contributed by atoms with Crippen molar-refractivity contribution in [3.8, 4) is 23.3 Å². The Morgan fingerprint density at radius 3 is 2.68 bits per heavy atom. The van der Waals surface area contributed by atoms with E-state index in [0.717, 1.165) is 22.9 Å². The summed E-state index contributed by atoms with van der Waals surface area (Å²) in [6.45, 7) is 6.39. The Morgan fingerprint density at radius 1 is 1.08 bits per heavy atom. The summed E-state index contributed by atoms with van der Waals surface area (Å²) in [4.78, 5) is 13.0. The summed E-state index contributed by atoms with van der Waals surface area (Å²) in [5.74, 6) is 0.373. The number of nitriles is 1. The second-order valence-corrected chi connectivity index (χ2v) is 8.96. The van der Waals surface area contributed by atoms with E-state index in [-0.39, 0.29) is 23.0 Å². The van der Waals surface area contributed by atoms with E-state index in [2.05, 4.69) is 6.07 Å². The third-order valence-corrected chi connectivity index (χ3v) is 6.37. The summed E-state index contributed by atoms with van der Waals surface area (Å²) < 4.78 is 23.2. The van der Waals surface area contributed by atoms with Crippen LogP contribution in [0.1, 0.15) is 52.1 Å². The molecule has 7 nitrogen and oxygen atoms in total. The maximum absolute atomic E-state index is 13.0. The number of para-hydroxylation sites is 1. The number of hydrogen-bond donors (Lipinski definition) is 1. The molecule has 5 rings (SSSR count). The van der Waals surface area contributed by atoms with Crippen LogP contribution in [-0.4, -0.2) is 12.6 Å². The molecule has 0 radical (unpaired) electrons. The number of esters is 1. The van der Waals surface area contributed by atoms with Crippen molar-refractivity contribution >= 4 is 16.9 Å². The zero-order valence-corrected chi connectivity index (χ0v) is 20.8. The number of carbonyl (C=O) groups excluding carboxylic acids is 1. The van der Waals surface area contributed by atoms with Gasteiger partial charge in [0.15, 0.2) is 0 Å². The largest absolute Gasteiger partial charge is 0.493 e. The molecule has 0 amide bonds. The molecule has 0 saturated carbocycles. The molecule has 0 saturated heterocycles. The molecule has 1 aliphatic rings. The van der Waals surface area contributed by atoms with Gasteiger partial charge >= 0.3 is 5.97 Å². The summed E-state index contributed by atoms with van der Waals surface area (Å²) in [6, 6.07) is 20.5. The molecule has 3 aromatic carbocycles. The molecule has 37 heavy (non-hydrogen) atoms. The van der Waals surface area contributed by atoms with Gasteiger partial charge in [-0.2, -0.15) is 5.26 Å². The molecular formula is C30H26N2O5. The second-order valence-electron chi connectivity index (χ2n) is 8.96. The first-order valence-electron chi connectivity index (χ1n) is 12.1. The van der Waals surface area contributed by atoms with Crippen LogP contribution in [0.25, 0.3) is 11.0 Å². The summed E-state index contributed by atoms with van der Waals surface area (Å²) in [5, 5.41) is 10.8. The van der Waals surface area contributed by atoms with E-state index in [1.807, 2.05) is 63.2 Å². The molecule has 1 unspecified atom stereocenters. The van der Waals surface area contributed by atoms with Crippen LogP contribution in [-0.2, 0) is 0 Å². The van der Waals surface area contributed by atoms with Crippen molar-refractivity contribution in [2.75, 3.05) is 6.61 Å². The molecule has 0 spiro atoms. The lowest BCUT2D eigenvalue weighted by atomic mass is 9.83. The number of ether oxygens (including phenoxy) is 3. The molecule has 7 heteroatoms. The van der Waals surface area contributed by atoms with Gasteiger partial charge in [0, 0.05) is 28.1 Å². The smallest absolute Gasteiger partial charge is 0.379 e. The predicted octanol–water partition coefficient (Wildman–Crippen LogP) is 6.28. The molecule has 1 aromatic heterocycles. The number of furan rings is 1.